The monoisotopic (exact) mass is 380 g/mol. The van der Waals surface area contributed by atoms with E-state index in [-0.39, 0.29) is 17.7 Å². The quantitative estimate of drug-likeness (QED) is 0.800. The smallest absolute Gasteiger partial charge is 0.227 e. The van der Waals surface area contributed by atoms with E-state index < -0.39 is 0 Å². The Morgan fingerprint density at radius 1 is 1.18 bits per heavy atom. The Morgan fingerprint density at radius 3 is 2.71 bits per heavy atom. The molecule has 0 saturated heterocycles. The lowest BCUT2D eigenvalue weighted by atomic mass is 9.95. The molecule has 2 N–H and O–H groups in total. The average Bonchev–Trinajstić information content (AvgIpc) is 2.66. The first kappa shape index (κ1) is 19.9. The van der Waals surface area contributed by atoms with Crippen molar-refractivity contribution in [3.05, 3.63) is 59.2 Å². The molecule has 148 valence electrons. The molecule has 28 heavy (non-hydrogen) atoms. The summed E-state index contributed by atoms with van der Waals surface area (Å²) in [6.45, 7) is 6.95. The molecule has 5 nitrogen and oxygen atoms in total. The Balaban J connectivity index is 1.61. The number of nitrogens with one attached hydrogen (secondary N) is 2. The number of rotatable bonds is 6. The second kappa shape index (κ2) is 8.91. The number of carbonyl (C=O) groups excluding carboxylic acids is 2. The molecule has 0 spiro atoms. The summed E-state index contributed by atoms with van der Waals surface area (Å²) >= 11 is 0. The highest BCUT2D eigenvalue weighted by molar-refractivity contribution is 5.91. The lowest BCUT2D eigenvalue weighted by Crippen LogP contribution is -2.37. The zero-order valence-electron chi connectivity index (χ0n) is 16.7. The van der Waals surface area contributed by atoms with Crippen LogP contribution >= 0.6 is 0 Å². The molecule has 2 aromatic rings. The summed E-state index contributed by atoms with van der Waals surface area (Å²) in [6.07, 6.45) is 1.08. The summed E-state index contributed by atoms with van der Waals surface area (Å²) in [5.74, 6) is 0.840. The minimum Gasteiger partial charge on any atom is -0.492 e. The molecule has 0 bridgehead atoms. The fraction of sp³-hybridized carbons (Fsp3) is 0.391. The maximum Gasteiger partial charge on any atom is 0.227 e. The Morgan fingerprint density at radius 2 is 1.96 bits per heavy atom. The normalized spacial score (nSPS) is 15.5. The number of hydrogen-bond acceptors (Lipinski definition) is 3. The summed E-state index contributed by atoms with van der Waals surface area (Å²) in [4.78, 5) is 24.6. The zero-order valence-corrected chi connectivity index (χ0v) is 16.7. The second-order valence-electron chi connectivity index (χ2n) is 7.82. The summed E-state index contributed by atoms with van der Waals surface area (Å²) in [6, 6.07) is 13.6. The largest absolute Gasteiger partial charge is 0.492 e. The summed E-state index contributed by atoms with van der Waals surface area (Å²) < 4.78 is 5.78. The third kappa shape index (κ3) is 5.12. The van der Waals surface area contributed by atoms with Gasteiger partial charge in [0.1, 0.15) is 12.4 Å². The van der Waals surface area contributed by atoms with E-state index in [0.717, 1.165) is 28.1 Å². The van der Waals surface area contributed by atoms with E-state index >= 15 is 0 Å². The van der Waals surface area contributed by atoms with Crippen molar-refractivity contribution >= 4 is 17.5 Å². The Labute approximate surface area is 166 Å². The molecule has 5 heteroatoms. The lowest BCUT2D eigenvalue weighted by molar-refractivity contribution is -0.126. The van der Waals surface area contributed by atoms with Gasteiger partial charge in [-0.1, -0.05) is 38.1 Å². The van der Waals surface area contributed by atoms with Gasteiger partial charge in [0.05, 0.1) is 5.92 Å². The number of hydrogen-bond donors (Lipinski definition) is 2. The maximum absolute atomic E-state index is 12.6. The van der Waals surface area contributed by atoms with Gasteiger partial charge in [0, 0.05) is 18.7 Å². The van der Waals surface area contributed by atoms with Crippen LogP contribution < -0.4 is 15.4 Å². The molecule has 0 saturated carbocycles. The van der Waals surface area contributed by atoms with Crippen LogP contribution in [0.15, 0.2) is 42.5 Å². The first-order chi connectivity index (χ1) is 13.4. The van der Waals surface area contributed by atoms with Crippen molar-refractivity contribution in [1.82, 2.24) is 5.32 Å². The number of fused-ring (bicyclic) bond motifs is 1. The fourth-order valence-corrected chi connectivity index (χ4v) is 3.36. The minimum absolute atomic E-state index is 0.000739. The Kier molecular flexibility index (Phi) is 6.34. The Bertz CT molecular complexity index is 861. The van der Waals surface area contributed by atoms with Crippen LogP contribution in [0.25, 0.3) is 0 Å². The highest BCUT2D eigenvalue weighted by Crippen LogP contribution is 2.30. The van der Waals surface area contributed by atoms with Crippen molar-refractivity contribution in [2.45, 2.75) is 40.2 Å². The van der Waals surface area contributed by atoms with Gasteiger partial charge in [-0.3, -0.25) is 9.59 Å². The van der Waals surface area contributed by atoms with Crippen molar-refractivity contribution in [2.75, 3.05) is 11.9 Å². The number of ether oxygens (including phenoxy) is 1. The minimum atomic E-state index is -0.238. The predicted octanol–water partition coefficient (Wildman–Crippen LogP) is 3.85. The van der Waals surface area contributed by atoms with E-state index in [1.807, 2.05) is 63.2 Å². The second-order valence-corrected chi connectivity index (χ2v) is 7.82. The molecule has 0 aromatic heterocycles. The molecule has 3 rings (SSSR count). The average molecular weight is 380 g/mol. The number of carbonyl (C=O) groups is 2. The first-order valence-electron chi connectivity index (χ1n) is 9.80. The van der Waals surface area contributed by atoms with Gasteiger partial charge in [-0.05, 0) is 54.2 Å². The molecule has 1 atom stereocenters. The van der Waals surface area contributed by atoms with E-state index in [1.165, 1.54) is 0 Å². The number of benzene rings is 2. The van der Waals surface area contributed by atoms with Gasteiger partial charge < -0.3 is 15.4 Å². The third-order valence-electron chi connectivity index (χ3n) is 4.93. The topological polar surface area (TPSA) is 67.4 Å². The van der Waals surface area contributed by atoms with Crippen LogP contribution in [0.3, 0.4) is 0 Å². The lowest BCUT2D eigenvalue weighted by Gasteiger charge is -2.25. The molecule has 2 amide bonds. The fourth-order valence-electron chi connectivity index (χ4n) is 3.36. The molecular weight excluding hydrogens is 352 g/mol. The van der Waals surface area contributed by atoms with Crippen LogP contribution in [0.5, 0.6) is 5.75 Å². The summed E-state index contributed by atoms with van der Waals surface area (Å²) in [5, 5.41) is 5.95. The summed E-state index contributed by atoms with van der Waals surface area (Å²) in [7, 11) is 0. The van der Waals surface area contributed by atoms with Crippen LogP contribution in [0.2, 0.25) is 0 Å². The van der Waals surface area contributed by atoms with Crippen molar-refractivity contribution in [2.24, 2.45) is 11.8 Å². The number of amides is 2. The first-order valence-corrected chi connectivity index (χ1v) is 9.80. The highest BCUT2D eigenvalue weighted by atomic mass is 16.5. The van der Waals surface area contributed by atoms with E-state index in [4.69, 9.17) is 4.74 Å². The standard InChI is InChI=1S/C23H28N2O3/c1-15(2)10-22(26)25-20-8-9-21-18(12-20)11-19(14-28-21)23(27)24-13-17-7-5-4-6-16(17)3/h4-9,12,15,19H,10-11,13-14H2,1-3H3,(H,24,27)(H,25,26)/t19-/m1/s1. The van der Waals surface area contributed by atoms with Crippen LogP contribution in [0.4, 0.5) is 5.69 Å². The zero-order chi connectivity index (χ0) is 20.1. The molecule has 0 aliphatic carbocycles. The van der Waals surface area contributed by atoms with Gasteiger partial charge in [-0.2, -0.15) is 0 Å². The van der Waals surface area contributed by atoms with E-state index in [2.05, 4.69) is 10.6 Å². The van der Waals surface area contributed by atoms with Crippen molar-refractivity contribution in [1.29, 1.82) is 0 Å². The summed E-state index contributed by atoms with van der Waals surface area (Å²) in [5.41, 5.74) is 3.97. The molecule has 1 aliphatic heterocycles. The van der Waals surface area contributed by atoms with Gasteiger partial charge in [0.25, 0.3) is 0 Å². The van der Waals surface area contributed by atoms with Gasteiger partial charge in [0.15, 0.2) is 0 Å². The molecule has 0 unspecified atom stereocenters. The van der Waals surface area contributed by atoms with E-state index in [1.54, 1.807) is 0 Å². The number of anilines is 1. The van der Waals surface area contributed by atoms with Crippen molar-refractivity contribution in [3.8, 4) is 5.75 Å². The van der Waals surface area contributed by atoms with Gasteiger partial charge in [-0.25, -0.2) is 0 Å². The van der Waals surface area contributed by atoms with Crippen molar-refractivity contribution in [3.63, 3.8) is 0 Å². The van der Waals surface area contributed by atoms with Crippen LogP contribution in [-0.4, -0.2) is 18.4 Å². The molecule has 0 radical (unpaired) electrons. The Hall–Kier alpha value is -2.82. The highest BCUT2D eigenvalue weighted by Gasteiger charge is 2.26. The van der Waals surface area contributed by atoms with E-state index in [9.17, 15) is 9.59 Å². The molecule has 0 fully saturated rings. The molecule has 2 aromatic carbocycles. The molecular formula is C23H28N2O3. The van der Waals surface area contributed by atoms with Gasteiger partial charge in [0.2, 0.25) is 11.8 Å². The predicted molar refractivity (Wildman–Crippen MR) is 110 cm³/mol. The van der Waals surface area contributed by atoms with Crippen molar-refractivity contribution < 1.29 is 14.3 Å². The van der Waals surface area contributed by atoms with Crippen LogP contribution in [0.1, 0.15) is 37.0 Å². The van der Waals surface area contributed by atoms with Gasteiger partial charge >= 0.3 is 0 Å². The maximum atomic E-state index is 12.6. The number of aryl methyl sites for hydroxylation is 1. The van der Waals surface area contributed by atoms with Crippen LogP contribution in [-0.2, 0) is 22.6 Å². The van der Waals surface area contributed by atoms with E-state index in [0.29, 0.717) is 31.9 Å². The molecule has 1 aliphatic rings. The van der Waals surface area contributed by atoms with Crippen LogP contribution in [0, 0.1) is 18.8 Å². The third-order valence-corrected chi connectivity index (χ3v) is 4.93. The SMILES string of the molecule is Cc1ccccc1CNC(=O)[C@H]1COc2ccc(NC(=O)CC(C)C)cc2C1. The molecule has 1 heterocycles. The van der Waals surface area contributed by atoms with Gasteiger partial charge in [-0.15, -0.1) is 0 Å².